The number of hydrogen-bond acceptors (Lipinski definition) is 2. The minimum Gasteiger partial charge on any atom is -0.326 e. The van der Waals surface area contributed by atoms with E-state index in [2.05, 4.69) is 25.7 Å². The minimum atomic E-state index is 0.363. The molecular formula is C14H30N2. The van der Waals surface area contributed by atoms with E-state index in [9.17, 15) is 0 Å². The van der Waals surface area contributed by atoms with E-state index in [4.69, 9.17) is 5.73 Å². The van der Waals surface area contributed by atoms with Gasteiger partial charge in [-0.15, -0.1) is 0 Å². The van der Waals surface area contributed by atoms with E-state index < -0.39 is 0 Å². The zero-order chi connectivity index (χ0) is 12.0. The topological polar surface area (TPSA) is 29.3 Å². The lowest BCUT2D eigenvalue weighted by Gasteiger charge is -2.38. The standard InChI is InChI=1S/C14H30N2/c1-4-8-13-9-6-7-10-16(13)11-14(15)12(3)5-2/h12-14H,4-11,15H2,1-3H3. The van der Waals surface area contributed by atoms with Crippen LogP contribution in [-0.4, -0.2) is 30.1 Å². The van der Waals surface area contributed by atoms with Crippen LogP contribution in [0, 0.1) is 5.92 Å². The highest BCUT2D eigenvalue weighted by Gasteiger charge is 2.24. The number of nitrogens with zero attached hydrogens (tertiary/aromatic N) is 1. The van der Waals surface area contributed by atoms with Gasteiger partial charge in [0.2, 0.25) is 0 Å². The van der Waals surface area contributed by atoms with Crippen LogP contribution in [-0.2, 0) is 0 Å². The van der Waals surface area contributed by atoms with Crippen LogP contribution in [0.25, 0.3) is 0 Å². The van der Waals surface area contributed by atoms with E-state index in [-0.39, 0.29) is 0 Å². The van der Waals surface area contributed by atoms with Crippen molar-refractivity contribution in [2.75, 3.05) is 13.1 Å². The molecule has 1 aliphatic heterocycles. The van der Waals surface area contributed by atoms with Crippen LogP contribution < -0.4 is 5.73 Å². The summed E-state index contributed by atoms with van der Waals surface area (Å²) in [4.78, 5) is 2.66. The molecule has 0 spiro atoms. The van der Waals surface area contributed by atoms with Crippen molar-refractivity contribution in [3.05, 3.63) is 0 Å². The zero-order valence-corrected chi connectivity index (χ0v) is 11.4. The second-order valence-corrected chi connectivity index (χ2v) is 5.48. The molecule has 1 heterocycles. The van der Waals surface area contributed by atoms with Crippen molar-refractivity contribution in [3.8, 4) is 0 Å². The fourth-order valence-electron chi connectivity index (χ4n) is 2.71. The molecule has 1 saturated heterocycles. The summed E-state index contributed by atoms with van der Waals surface area (Å²) in [6.07, 6.45) is 8.04. The van der Waals surface area contributed by atoms with Gasteiger partial charge in [0.15, 0.2) is 0 Å². The highest BCUT2D eigenvalue weighted by molar-refractivity contribution is 4.81. The Morgan fingerprint density at radius 3 is 2.69 bits per heavy atom. The SMILES string of the molecule is CCCC1CCCCN1CC(N)C(C)CC. The Balaban J connectivity index is 2.42. The third-order valence-electron chi connectivity index (χ3n) is 4.19. The molecule has 0 bridgehead atoms. The number of rotatable bonds is 6. The van der Waals surface area contributed by atoms with E-state index in [0.29, 0.717) is 12.0 Å². The van der Waals surface area contributed by atoms with Gasteiger partial charge in [0.05, 0.1) is 0 Å². The second-order valence-electron chi connectivity index (χ2n) is 5.48. The lowest BCUT2D eigenvalue weighted by molar-refractivity contribution is 0.122. The molecule has 16 heavy (non-hydrogen) atoms. The van der Waals surface area contributed by atoms with Crippen molar-refractivity contribution in [1.29, 1.82) is 0 Å². The van der Waals surface area contributed by atoms with Crippen LogP contribution in [0.3, 0.4) is 0 Å². The van der Waals surface area contributed by atoms with E-state index in [0.717, 1.165) is 12.6 Å². The van der Waals surface area contributed by atoms with Gasteiger partial charge in [0.1, 0.15) is 0 Å². The van der Waals surface area contributed by atoms with Crippen LogP contribution in [0.4, 0.5) is 0 Å². The molecule has 0 radical (unpaired) electrons. The lowest BCUT2D eigenvalue weighted by atomic mass is 9.94. The summed E-state index contributed by atoms with van der Waals surface area (Å²) in [6.45, 7) is 9.20. The van der Waals surface area contributed by atoms with Crippen LogP contribution in [0.15, 0.2) is 0 Å². The maximum Gasteiger partial charge on any atom is 0.0193 e. The smallest absolute Gasteiger partial charge is 0.0193 e. The average molecular weight is 226 g/mol. The number of likely N-dealkylation sites (tertiary alicyclic amines) is 1. The van der Waals surface area contributed by atoms with Gasteiger partial charge in [0, 0.05) is 18.6 Å². The normalized spacial score (nSPS) is 26.6. The molecule has 0 aromatic heterocycles. The summed E-state index contributed by atoms with van der Waals surface area (Å²) in [5.74, 6) is 0.657. The van der Waals surface area contributed by atoms with Crippen LogP contribution in [0.1, 0.15) is 59.3 Å². The third kappa shape index (κ3) is 4.06. The molecule has 0 saturated carbocycles. The largest absolute Gasteiger partial charge is 0.326 e. The Kier molecular flexibility index (Phi) is 6.37. The maximum atomic E-state index is 6.28. The molecule has 3 unspecified atom stereocenters. The molecule has 2 heteroatoms. The molecule has 0 amide bonds. The first-order chi connectivity index (χ1) is 7.69. The van der Waals surface area contributed by atoms with Crippen molar-refractivity contribution in [3.63, 3.8) is 0 Å². The van der Waals surface area contributed by atoms with Crippen molar-refractivity contribution in [2.24, 2.45) is 11.7 Å². The quantitative estimate of drug-likeness (QED) is 0.754. The van der Waals surface area contributed by atoms with Gasteiger partial charge in [-0.2, -0.15) is 0 Å². The predicted molar refractivity (Wildman–Crippen MR) is 71.6 cm³/mol. The van der Waals surface area contributed by atoms with Crippen LogP contribution >= 0.6 is 0 Å². The first-order valence-electron chi connectivity index (χ1n) is 7.18. The van der Waals surface area contributed by atoms with E-state index in [1.807, 2.05) is 0 Å². The summed E-state index contributed by atoms with van der Waals surface area (Å²) in [7, 11) is 0. The Hall–Kier alpha value is -0.0800. The first-order valence-corrected chi connectivity index (χ1v) is 7.18. The molecule has 2 N–H and O–H groups in total. The highest BCUT2D eigenvalue weighted by Crippen LogP contribution is 2.21. The molecule has 3 atom stereocenters. The fourth-order valence-corrected chi connectivity index (χ4v) is 2.71. The molecule has 2 nitrogen and oxygen atoms in total. The Morgan fingerprint density at radius 2 is 2.06 bits per heavy atom. The molecule has 1 rings (SSSR count). The third-order valence-corrected chi connectivity index (χ3v) is 4.19. The number of piperidine rings is 1. The van der Waals surface area contributed by atoms with Crippen molar-refractivity contribution < 1.29 is 0 Å². The van der Waals surface area contributed by atoms with Gasteiger partial charge in [-0.3, -0.25) is 4.90 Å². The molecule has 0 aromatic rings. The predicted octanol–water partition coefficient (Wildman–Crippen LogP) is 3.01. The summed E-state index contributed by atoms with van der Waals surface area (Å²) >= 11 is 0. The van der Waals surface area contributed by atoms with Gasteiger partial charge in [-0.25, -0.2) is 0 Å². The molecule has 1 fully saturated rings. The maximum absolute atomic E-state index is 6.28. The second kappa shape index (κ2) is 7.29. The number of hydrogen-bond donors (Lipinski definition) is 1. The summed E-state index contributed by atoms with van der Waals surface area (Å²) in [5.41, 5.74) is 6.28. The molecule has 1 aliphatic rings. The van der Waals surface area contributed by atoms with E-state index >= 15 is 0 Å². The Bertz CT molecular complexity index is 180. The Morgan fingerprint density at radius 1 is 1.31 bits per heavy atom. The van der Waals surface area contributed by atoms with Crippen LogP contribution in [0.2, 0.25) is 0 Å². The summed E-state index contributed by atoms with van der Waals surface area (Å²) in [6, 6.07) is 1.18. The molecule has 96 valence electrons. The lowest BCUT2D eigenvalue weighted by Crippen LogP contribution is -2.48. The minimum absolute atomic E-state index is 0.363. The van der Waals surface area contributed by atoms with Gasteiger partial charge in [0.25, 0.3) is 0 Å². The first kappa shape index (κ1) is 14.0. The number of nitrogens with two attached hydrogens (primary N) is 1. The summed E-state index contributed by atoms with van der Waals surface area (Å²) in [5, 5.41) is 0. The van der Waals surface area contributed by atoms with E-state index in [1.165, 1.54) is 45.1 Å². The van der Waals surface area contributed by atoms with Crippen LogP contribution in [0.5, 0.6) is 0 Å². The molecule has 0 aromatic carbocycles. The average Bonchev–Trinajstić information content (AvgIpc) is 2.31. The molecular weight excluding hydrogens is 196 g/mol. The van der Waals surface area contributed by atoms with Gasteiger partial charge in [-0.05, 0) is 31.7 Å². The zero-order valence-electron chi connectivity index (χ0n) is 11.4. The van der Waals surface area contributed by atoms with Gasteiger partial charge >= 0.3 is 0 Å². The van der Waals surface area contributed by atoms with Crippen molar-refractivity contribution >= 4 is 0 Å². The fraction of sp³-hybridized carbons (Fsp3) is 1.00. The van der Waals surface area contributed by atoms with Crippen molar-refractivity contribution in [1.82, 2.24) is 4.90 Å². The summed E-state index contributed by atoms with van der Waals surface area (Å²) < 4.78 is 0. The molecule has 0 aliphatic carbocycles. The monoisotopic (exact) mass is 226 g/mol. The van der Waals surface area contributed by atoms with Gasteiger partial charge in [-0.1, -0.05) is 40.0 Å². The highest BCUT2D eigenvalue weighted by atomic mass is 15.2. The van der Waals surface area contributed by atoms with E-state index in [1.54, 1.807) is 0 Å². The van der Waals surface area contributed by atoms with Crippen molar-refractivity contribution in [2.45, 2.75) is 71.4 Å². The van der Waals surface area contributed by atoms with Gasteiger partial charge < -0.3 is 5.73 Å². The Labute approximate surface area is 102 Å².